The number of hydrogen-bond donors (Lipinski definition) is 0. The number of hydrogen-bond acceptors (Lipinski definition) is 3. The summed E-state index contributed by atoms with van der Waals surface area (Å²) in [5.41, 5.74) is 10.1. The van der Waals surface area contributed by atoms with Crippen molar-refractivity contribution in [2.75, 3.05) is 25.1 Å². The topological polar surface area (TPSA) is 61.2 Å². The van der Waals surface area contributed by atoms with Gasteiger partial charge in [-0.1, -0.05) is 5.11 Å². The van der Waals surface area contributed by atoms with E-state index in [2.05, 4.69) is 14.9 Å². The Kier molecular flexibility index (Phi) is 3.73. The van der Waals surface area contributed by atoms with Crippen LogP contribution < -0.4 is 9.64 Å². The summed E-state index contributed by atoms with van der Waals surface area (Å²) < 4.78 is 5.24. The zero-order valence-electron chi connectivity index (χ0n) is 9.96. The second-order valence-electron chi connectivity index (χ2n) is 4.09. The summed E-state index contributed by atoms with van der Waals surface area (Å²) in [5.74, 6) is 0.630. The van der Waals surface area contributed by atoms with E-state index in [-0.39, 0.29) is 0 Å². The molecule has 0 aliphatic carbocycles. The number of anilines is 1. The fourth-order valence-corrected chi connectivity index (χ4v) is 2.15. The van der Waals surface area contributed by atoms with Gasteiger partial charge in [0.15, 0.2) is 0 Å². The summed E-state index contributed by atoms with van der Waals surface area (Å²) in [6.07, 6.45) is 3.78. The molecule has 5 heteroatoms. The predicted octanol–water partition coefficient (Wildman–Crippen LogP) is 3.63. The van der Waals surface area contributed by atoms with E-state index in [1.54, 1.807) is 7.11 Å². The normalized spacial score (nSPS) is 15.2. The van der Waals surface area contributed by atoms with Gasteiger partial charge in [0.25, 0.3) is 0 Å². The summed E-state index contributed by atoms with van der Waals surface area (Å²) >= 11 is 0. The van der Waals surface area contributed by atoms with Crippen molar-refractivity contribution in [3.05, 3.63) is 28.6 Å². The predicted molar refractivity (Wildman–Crippen MR) is 67.9 cm³/mol. The number of azide groups is 1. The molecule has 1 fully saturated rings. The molecule has 1 saturated heterocycles. The fraction of sp³-hybridized carbons (Fsp3) is 0.500. The number of methoxy groups -OCH3 is 1. The summed E-state index contributed by atoms with van der Waals surface area (Å²) in [5, 5.41) is 3.60. The third kappa shape index (κ3) is 2.63. The Labute approximate surface area is 101 Å². The first-order chi connectivity index (χ1) is 8.35. The minimum atomic E-state index is 0.538. The Balaban J connectivity index is 2.26. The van der Waals surface area contributed by atoms with E-state index in [0.717, 1.165) is 18.8 Å². The molecule has 2 rings (SSSR count). The lowest BCUT2D eigenvalue weighted by Gasteiger charge is -2.29. The monoisotopic (exact) mass is 232 g/mol. The Morgan fingerprint density at radius 2 is 2.06 bits per heavy atom. The minimum Gasteiger partial charge on any atom is -0.496 e. The van der Waals surface area contributed by atoms with Crippen LogP contribution in [-0.2, 0) is 0 Å². The quantitative estimate of drug-likeness (QED) is 0.454. The second kappa shape index (κ2) is 5.46. The smallest absolute Gasteiger partial charge is 0.130 e. The molecule has 90 valence electrons. The van der Waals surface area contributed by atoms with Crippen LogP contribution in [-0.4, -0.2) is 20.2 Å². The first-order valence-corrected chi connectivity index (χ1v) is 5.83. The highest BCUT2D eigenvalue weighted by molar-refractivity contribution is 5.62. The molecule has 0 saturated carbocycles. The molecule has 5 nitrogen and oxygen atoms in total. The van der Waals surface area contributed by atoms with E-state index < -0.39 is 0 Å². The average molecular weight is 232 g/mol. The molecule has 17 heavy (non-hydrogen) atoms. The van der Waals surface area contributed by atoms with Crippen molar-refractivity contribution < 1.29 is 4.74 Å². The van der Waals surface area contributed by atoms with Gasteiger partial charge in [0.1, 0.15) is 5.75 Å². The van der Waals surface area contributed by atoms with Crippen LogP contribution in [0.15, 0.2) is 23.3 Å². The van der Waals surface area contributed by atoms with E-state index in [9.17, 15) is 0 Å². The summed E-state index contributed by atoms with van der Waals surface area (Å²) in [7, 11) is 1.59. The maximum Gasteiger partial charge on any atom is 0.130 e. The van der Waals surface area contributed by atoms with Crippen molar-refractivity contribution in [2.45, 2.75) is 19.3 Å². The van der Waals surface area contributed by atoms with Gasteiger partial charge in [-0.2, -0.15) is 0 Å². The molecule has 0 atom stereocenters. The van der Waals surface area contributed by atoms with Crippen molar-refractivity contribution in [1.29, 1.82) is 0 Å². The Bertz CT molecular complexity index is 434. The molecule has 0 spiro atoms. The molecule has 0 aromatic heterocycles. The molecule has 0 N–H and O–H groups in total. The van der Waals surface area contributed by atoms with Crippen molar-refractivity contribution in [3.63, 3.8) is 0 Å². The minimum absolute atomic E-state index is 0.538. The van der Waals surface area contributed by atoms with Gasteiger partial charge in [0.05, 0.1) is 12.8 Å². The molecule has 1 heterocycles. The number of piperidine rings is 1. The van der Waals surface area contributed by atoms with Crippen LogP contribution >= 0.6 is 0 Å². The highest BCUT2D eigenvalue weighted by Crippen LogP contribution is 2.33. The number of rotatable bonds is 3. The van der Waals surface area contributed by atoms with Crippen molar-refractivity contribution in [2.24, 2.45) is 5.11 Å². The first kappa shape index (κ1) is 11.6. The van der Waals surface area contributed by atoms with Crippen molar-refractivity contribution in [1.82, 2.24) is 0 Å². The average Bonchev–Trinajstić information content (AvgIpc) is 2.40. The Morgan fingerprint density at radius 1 is 1.29 bits per heavy atom. The maximum absolute atomic E-state index is 8.45. The zero-order chi connectivity index (χ0) is 12.1. The third-order valence-electron chi connectivity index (χ3n) is 3.04. The molecule has 1 aromatic rings. The summed E-state index contributed by atoms with van der Waals surface area (Å²) in [4.78, 5) is 5.13. The van der Waals surface area contributed by atoms with Crippen LogP contribution in [0.2, 0.25) is 0 Å². The van der Waals surface area contributed by atoms with E-state index >= 15 is 0 Å². The molecule has 1 aliphatic heterocycles. The van der Waals surface area contributed by atoms with Gasteiger partial charge in [-0.05, 0) is 36.9 Å². The number of nitrogens with zero attached hydrogens (tertiary/aromatic N) is 4. The molecule has 0 unspecified atom stereocenters. The molecular weight excluding hydrogens is 216 g/mol. The van der Waals surface area contributed by atoms with Gasteiger partial charge in [0, 0.05) is 29.8 Å². The van der Waals surface area contributed by atoms with Gasteiger partial charge in [-0.25, -0.2) is 0 Å². The van der Waals surface area contributed by atoms with Gasteiger partial charge in [0.2, 0.25) is 0 Å². The maximum atomic E-state index is 8.45. The van der Waals surface area contributed by atoms with Gasteiger partial charge < -0.3 is 9.64 Å². The highest BCUT2D eigenvalue weighted by atomic mass is 16.5. The highest BCUT2D eigenvalue weighted by Gasteiger charge is 2.12. The number of benzene rings is 1. The van der Waals surface area contributed by atoms with Crippen LogP contribution in [0.3, 0.4) is 0 Å². The lowest BCUT2D eigenvalue weighted by molar-refractivity contribution is 0.416. The standard InChI is InChI=1S/C12H16N4O/c1-17-12-9-10(5-6-11(12)14-15-13)16-7-3-2-4-8-16/h5-6,9H,2-4,7-8H2,1H3. The molecule has 1 aromatic carbocycles. The van der Waals surface area contributed by atoms with Crippen LogP contribution in [0.4, 0.5) is 11.4 Å². The van der Waals surface area contributed by atoms with E-state index in [0.29, 0.717) is 11.4 Å². The SMILES string of the molecule is COc1cc(N2CCCCC2)ccc1N=[N+]=[N-]. The largest absolute Gasteiger partial charge is 0.496 e. The van der Waals surface area contributed by atoms with Gasteiger partial charge in [-0.3, -0.25) is 0 Å². The lowest BCUT2D eigenvalue weighted by Crippen LogP contribution is -2.29. The molecule has 1 aliphatic rings. The van der Waals surface area contributed by atoms with Crippen LogP contribution in [0, 0.1) is 0 Å². The van der Waals surface area contributed by atoms with Crippen LogP contribution in [0.25, 0.3) is 10.4 Å². The molecule has 0 bridgehead atoms. The molecule has 0 amide bonds. The Hall–Kier alpha value is -1.87. The third-order valence-corrected chi connectivity index (χ3v) is 3.04. The van der Waals surface area contributed by atoms with Crippen LogP contribution in [0.1, 0.15) is 19.3 Å². The van der Waals surface area contributed by atoms with Crippen LogP contribution in [0.5, 0.6) is 5.75 Å². The summed E-state index contributed by atoms with van der Waals surface area (Å²) in [6, 6.07) is 5.73. The lowest BCUT2D eigenvalue weighted by atomic mass is 10.1. The van der Waals surface area contributed by atoms with Gasteiger partial charge in [-0.15, -0.1) is 0 Å². The first-order valence-electron chi connectivity index (χ1n) is 5.83. The second-order valence-corrected chi connectivity index (χ2v) is 4.09. The molecule has 0 radical (unpaired) electrons. The van der Waals surface area contributed by atoms with E-state index in [1.165, 1.54) is 19.3 Å². The Morgan fingerprint density at radius 3 is 2.71 bits per heavy atom. The molecular formula is C12H16N4O. The van der Waals surface area contributed by atoms with Gasteiger partial charge >= 0.3 is 0 Å². The van der Waals surface area contributed by atoms with E-state index in [4.69, 9.17) is 10.3 Å². The fourth-order valence-electron chi connectivity index (χ4n) is 2.15. The zero-order valence-corrected chi connectivity index (χ0v) is 9.96. The summed E-state index contributed by atoms with van der Waals surface area (Å²) in [6.45, 7) is 2.17. The van der Waals surface area contributed by atoms with E-state index in [1.807, 2.05) is 18.2 Å². The number of ether oxygens (including phenoxy) is 1. The van der Waals surface area contributed by atoms with Crippen molar-refractivity contribution in [3.8, 4) is 5.75 Å². The van der Waals surface area contributed by atoms with Crippen molar-refractivity contribution >= 4 is 11.4 Å².